The lowest BCUT2D eigenvalue weighted by Crippen LogP contribution is -2.52. The molecule has 0 aliphatic carbocycles. The molecule has 11 heteroatoms. The van der Waals surface area contributed by atoms with Crippen LogP contribution in [0.3, 0.4) is 0 Å². The van der Waals surface area contributed by atoms with Crippen molar-refractivity contribution in [3.8, 4) is 0 Å². The molecule has 1 heterocycles. The Hall–Kier alpha value is -2.82. The topological polar surface area (TPSA) is 88.4 Å². The highest BCUT2D eigenvalue weighted by molar-refractivity contribution is 7.99. The minimum atomic E-state index is -4.98. The molecule has 2 aromatic rings. The summed E-state index contributed by atoms with van der Waals surface area (Å²) in [6.07, 6.45) is -1.34. The number of hydrogen-bond acceptors (Lipinski definition) is 5. The molecule has 1 aromatic carbocycles. The number of hydrogen-bond donors (Lipinski definition) is 2. The number of Topliss-reactive ketones (excluding diaryl/α,β-unsaturated/α-hetero) is 1. The summed E-state index contributed by atoms with van der Waals surface area (Å²) < 4.78 is 58.1. The highest BCUT2D eigenvalue weighted by atomic mass is 32.2. The Morgan fingerprint density at radius 3 is 2.41 bits per heavy atom. The number of alkyl halides is 3. The number of nitrogens with one attached hydrogen (secondary N) is 2. The van der Waals surface area contributed by atoms with Gasteiger partial charge < -0.3 is 15.1 Å². The Kier molecular flexibility index (Phi) is 11.7. The number of carbonyl (C=O) groups is 3. The molecule has 2 rings (SSSR count). The van der Waals surface area contributed by atoms with Gasteiger partial charge in [0.25, 0.3) is 5.91 Å². The van der Waals surface area contributed by atoms with Gasteiger partial charge in [-0.1, -0.05) is 33.6 Å². The lowest BCUT2D eigenvalue weighted by Gasteiger charge is -2.24. The smallest absolute Gasteiger partial charge is 0.419 e. The third kappa shape index (κ3) is 9.87. The maximum absolute atomic E-state index is 13.6. The van der Waals surface area contributed by atoms with Crippen molar-refractivity contribution in [3.05, 3.63) is 59.3 Å². The summed E-state index contributed by atoms with van der Waals surface area (Å²) in [5.74, 6) is -1.92. The number of unbranched alkanes of at least 4 members (excludes halogenated alkanes) is 1. The molecule has 0 saturated heterocycles. The zero-order valence-electron chi connectivity index (χ0n) is 21.0. The second-order valence-electron chi connectivity index (χ2n) is 9.09. The molecule has 0 aliphatic rings. The van der Waals surface area contributed by atoms with Crippen LogP contribution < -0.4 is 10.6 Å². The van der Waals surface area contributed by atoms with Crippen LogP contribution >= 0.6 is 11.8 Å². The molecule has 6 nitrogen and oxygen atoms in total. The minimum Gasteiger partial charge on any atom is -0.468 e. The second kappa shape index (κ2) is 14.2. The standard InChI is InChI=1S/C26H32F4N2O4S/c1-4-5-8-21(23(33)15-37-14-18-7-6-11-36-18)31-25(35)22(12-16(2)3)32-24(34)17-9-10-20(27)19(13-17)26(28,29)30/h6-7,9-11,13,16,21-22H,4-5,8,12,14-15H2,1-3H3,(H,31,35)(H,32,34)/t21-,22-/m0/s1. The van der Waals surface area contributed by atoms with E-state index in [1.54, 1.807) is 18.4 Å². The number of ketones is 1. The Bertz CT molecular complexity index is 1040. The van der Waals surface area contributed by atoms with E-state index < -0.39 is 47.0 Å². The Balaban J connectivity index is 2.11. The van der Waals surface area contributed by atoms with Gasteiger partial charge in [-0.3, -0.25) is 14.4 Å². The summed E-state index contributed by atoms with van der Waals surface area (Å²) in [6.45, 7) is 5.59. The molecule has 0 fully saturated rings. The first-order valence-corrected chi connectivity index (χ1v) is 13.2. The van der Waals surface area contributed by atoms with Gasteiger partial charge in [-0.05, 0) is 49.1 Å². The number of amides is 2. The molecule has 0 aliphatic heterocycles. The maximum Gasteiger partial charge on any atom is 0.419 e. The predicted molar refractivity (Wildman–Crippen MR) is 133 cm³/mol. The van der Waals surface area contributed by atoms with E-state index in [4.69, 9.17) is 4.42 Å². The van der Waals surface area contributed by atoms with Crippen LogP contribution in [-0.4, -0.2) is 35.4 Å². The summed E-state index contributed by atoms with van der Waals surface area (Å²) in [7, 11) is 0. The quantitative estimate of drug-likeness (QED) is 0.295. The predicted octanol–water partition coefficient (Wildman–Crippen LogP) is 5.76. The zero-order chi connectivity index (χ0) is 27.6. The maximum atomic E-state index is 13.6. The van der Waals surface area contributed by atoms with E-state index in [0.29, 0.717) is 30.7 Å². The van der Waals surface area contributed by atoms with Crippen molar-refractivity contribution >= 4 is 29.4 Å². The van der Waals surface area contributed by atoms with Gasteiger partial charge in [0.2, 0.25) is 5.91 Å². The van der Waals surface area contributed by atoms with Crippen molar-refractivity contribution in [3.63, 3.8) is 0 Å². The molecule has 0 radical (unpaired) electrons. The first-order chi connectivity index (χ1) is 17.4. The third-order valence-corrected chi connectivity index (χ3v) is 6.46. The Labute approximate surface area is 217 Å². The molecule has 2 N–H and O–H groups in total. The first kappa shape index (κ1) is 30.4. The van der Waals surface area contributed by atoms with E-state index in [1.165, 1.54) is 11.8 Å². The van der Waals surface area contributed by atoms with E-state index in [-0.39, 0.29) is 23.9 Å². The van der Waals surface area contributed by atoms with E-state index >= 15 is 0 Å². The van der Waals surface area contributed by atoms with Crippen molar-refractivity contribution in [1.82, 2.24) is 10.6 Å². The molecular formula is C26H32F4N2O4S. The van der Waals surface area contributed by atoms with Crippen LogP contribution in [0.2, 0.25) is 0 Å². The fourth-order valence-corrected chi connectivity index (χ4v) is 4.44. The van der Waals surface area contributed by atoms with Crippen LogP contribution in [-0.2, 0) is 21.5 Å². The SMILES string of the molecule is CCCC[C@H](NC(=O)[C@H](CC(C)C)NC(=O)c1ccc(F)c(C(F)(F)F)c1)C(=O)CSCc1ccco1. The van der Waals surface area contributed by atoms with Gasteiger partial charge in [0.1, 0.15) is 17.6 Å². The van der Waals surface area contributed by atoms with Gasteiger partial charge in [-0.15, -0.1) is 11.8 Å². The number of carbonyl (C=O) groups excluding carboxylic acids is 3. The van der Waals surface area contributed by atoms with E-state index in [9.17, 15) is 31.9 Å². The lowest BCUT2D eigenvalue weighted by molar-refractivity contribution is -0.140. The Morgan fingerprint density at radius 2 is 1.81 bits per heavy atom. The summed E-state index contributed by atoms with van der Waals surface area (Å²) >= 11 is 1.35. The van der Waals surface area contributed by atoms with Crippen LogP contribution in [0.4, 0.5) is 17.6 Å². The lowest BCUT2D eigenvalue weighted by atomic mass is 10.0. The van der Waals surface area contributed by atoms with Gasteiger partial charge in [-0.2, -0.15) is 13.2 Å². The van der Waals surface area contributed by atoms with Crippen LogP contribution in [0.25, 0.3) is 0 Å². The molecule has 204 valence electrons. The minimum absolute atomic E-state index is 0.0522. The van der Waals surface area contributed by atoms with Gasteiger partial charge in [-0.25, -0.2) is 4.39 Å². The molecule has 37 heavy (non-hydrogen) atoms. The van der Waals surface area contributed by atoms with Crippen molar-refractivity contribution in [1.29, 1.82) is 0 Å². The monoisotopic (exact) mass is 544 g/mol. The second-order valence-corrected chi connectivity index (χ2v) is 10.1. The van der Waals surface area contributed by atoms with Gasteiger partial charge in [0.05, 0.1) is 29.4 Å². The molecule has 1 aromatic heterocycles. The molecule has 0 unspecified atom stereocenters. The van der Waals surface area contributed by atoms with Crippen LogP contribution in [0.1, 0.15) is 68.1 Å². The van der Waals surface area contributed by atoms with Gasteiger partial charge >= 0.3 is 6.18 Å². The largest absolute Gasteiger partial charge is 0.468 e. The van der Waals surface area contributed by atoms with Crippen molar-refractivity contribution in [2.75, 3.05) is 5.75 Å². The normalized spacial score (nSPS) is 13.3. The number of halogens is 4. The van der Waals surface area contributed by atoms with Crippen molar-refractivity contribution in [2.24, 2.45) is 5.92 Å². The van der Waals surface area contributed by atoms with E-state index in [1.807, 2.05) is 20.8 Å². The van der Waals surface area contributed by atoms with E-state index in [0.717, 1.165) is 18.2 Å². The van der Waals surface area contributed by atoms with Crippen molar-refractivity contribution in [2.45, 2.75) is 70.5 Å². The zero-order valence-corrected chi connectivity index (χ0v) is 21.8. The molecule has 0 spiro atoms. The summed E-state index contributed by atoms with van der Waals surface area (Å²) in [4.78, 5) is 38.7. The van der Waals surface area contributed by atoms with Gasteiger partial charge in [0.15, 0.2) is 5.78 Å². The summed E-state index contributed by atoms with van der Waals surface area (Å²) in [5.41, 5.74) is -1.99. The van der Waals surface area contributed by atoms with Gasteiger partial charge in [0, 0.05) is 5.56 Å². The number of furan rings is 1. The van der Waals surface area contributed by atoms with Crippen molar-refractivity contribution < 1.29 is 36.4 Å². The summed E-state index contributed by atoms with van der Waals surface area (Å²) in [5, 5.41) is 5.18. The number of rotatable bonds is 14. The highest BCUT2D eigenvalue weighted by Gasteiger charge is 2.35. The molecule has 0 saturated carbocycles. The van der Waals surface area contributed by atoms with Crippen LogP contribution in [0, 0.1) is 11.7 Å². The highest BCUT2D eigenvalue weighted by Crippen LogP contribution is 2.32. The molecular weight excluding hydrogens is 512 g/mol. The Morgan fingerprint density at radius 1 is 1.08 bits per heavy atom. The number of thioether (sulfide) groups is 1. The fraction of sp³-hybridized carbons (Fsp3) is 0.500. The average molecular weight is 545 g/mol. The average Bonchev–Trinajstić information content (AvgIpc) is 3.33. The van der Waals surface area contributed by atoms with Crippen LogP contribution in [0.15, 0.2) is 41.0 Å². The first-order valence-electron chi connectivity index (χ1n) is 12.0. The third-order valence-electron chi connectivity index (χ3n) is 5.48. The van der Waals surface area contributed by atoms with Crippen LogP contribution in [0.5, 0.6) is 0 Å². The molecule has 2 amide bonds. The fourth-order valence-electron chi connectivity index (χ4n) is 3.57. The van der Waals surface area contributed by atoms with E-state index in [2.05, 4.69) is 10.6 Å². The number of benzene rings is 1. The molecule has 0 bridgehead atoms. The summed E-state index contributed by atoms with van der Waals surface area (Å²) in [6, 6.07) is 3.58. The molecule has 2 atom stereocenters.